The molecular weight excluding hydrogens is 709 g/mol. The van der Waals surface area contributed by atoms with E-state index in [1.54, 1.807) is 28.4 Å². The highest BCUT2D eigenvalue weighted by molar-refractivity contribution is 6.02. The molecule has 5 heterocycles. The summed E-state index contributed by atoms with van der Waals surface area (Å²) in [6, 6.07) is 37.3. The van der Waals surface area contributed by atoms with Crippen molar-refractivity contribution in [3.05, 3.63) is 143 Å². The molecular formula is C49H38N4O4. The van der Waals surface area contributed by atoms with Crippen LogP contribution in [-0.4, -0.2) is 48.4 Å². The van der Waals surface area contributed by atoms with Gasteiger partial charge in [-0.1, -0.05) is 42.5 Å². The summed E-state index contributed by atoms with van der Waals surface area (Å²) in [4.78, 5) is 18.6. The van der Waals surface area contributed by atoms with Crippen LogP contribution in [-0.2, 0) is 6.42 Å². The van der Waals surface area contributed by atoms with E-state index in [-0.39, 0.29) is 0 Å². The molecule has 0 spiro atoms. The van der Waals surface area contributed by atoms with E-state index in [1.807, 2.05) is 48.5 Å². The lowest BCUT2D eigenvalue weighted by atomic mass is 9.88. The summed E-state index contributed by atoms with van der Waals surface area (Å²) in [6.07, 6.45) is 9.12. The van der Waals surface area contributed by atoms with Crippen LogP contribution in [0.1, 0.15) is 33.9 Å². The zero-order valence-electron chi connectivity index (χ0n) is 31.9. The van der Waals surface area contributed by atoms with Crippen LogP contribution in [0.5, 0.6) is 23.0 Å². The van der Waals surface area contributed by atoms with Gasteiger partial charge in [-0.3, -0.25) is 0 Å². The third kappa shape index (κ3) is 5.85. The van der Waals surface area contributed by atoms with Gasteiger partial charge < -0.3 is 28.9 Å². The number of H-pyrrole nitrogens is 2. The average Bonchev–Trinajstić information content (AvgIpc) is 4.09. The van der Waals surface area contributed by atoms with E-state index in [0.29, 0.717) is 0 Å². The van der Waals surface area contributed by atoms with Crippen molar-refractivity contribution in [1.29, 1.82) is 0 Å². The van der Waals surface area contributed by atoms with Crippen LogP contribution in [0.4, 0.5) is 0 Å². The van der Waals surface area contributed by atoms with Crippen LogP contribution >= 0.6 is 0 Å². The summed E-state index contributed by atoms with van der Waals surface area (Å²) in [6.45, 7) is 0. The molecule has 0 saturated heterocycles. The molecule has 3 aliphatic rings. The fourth-order valence-electron chi connectivity index (χ4n) is 8.30. The van der Waals surface area contributed by atoms with Crippen molar-refractivity contribution in [3.8, 4) is 67.5 Å². The first kappa shape index (κ1) is 34.2. The van der Waals surface area contributed by atoms with Crippen molar-refractivity contribution in [2.75, 3.05) is 28.4 Å². The molecule has 8 bridgehead atoms. The van der Waals surface area contributed by atoms with Gasteiger partial charge in [0.25, 0.3) is 0 Å². The molecule has 7 aromatic rings. The third-order valence-electron chi connectivity index (χ3n) is 11.0. The Morgan fingerprint density at radius 1 is 0.421 bits per heavy atom. The normalized spacial score (nSPS) is 12.4. The summed E-state index contributed by atoms with van der Waals surface area (Å²) in [5.41, 5.74) is 17.4. The lowest BCUT2D eigenvalue weighted by Crippen LogP contribution is -2.01. The van der Waals surface area contributed by atoms with Crippen LogP contribution in [0, 0.1) is 0 Å². The van der Waals surface area contributed by atoms with E-state index in [2.05, 4.69) is 94.9 Å². The second-order valence-electron chi connectivity index (χ2n) is 14.2. The minimum atomic E-state index is 0.748. The Hall–Kier alpha value is -7.32. The van der Waals surface area contributed by atoms with Crippen LogP contribution in [0.25, 0.3) is 90.9 Å². The summed E-state index contributed by atoms with van der Waals surface area (Å²) < 4.78 is 22.9. The smallest absolute Gasteiger partial charge is 0.119 e. The molecule has 0 fully saturated rings. The second kappa shape index (κ2) is 13.8. The molecule has 0 atom stereocenters. The van der Waals surface area contributed by atoms with E-state index in [0.717, 1.165) is 119 Å². The number of hydrogen-bond donors (Lipinski definition) is 2. The number of benzene rings is 4. The van der Waals surface area contributed by atoms with Crippen LogP contribution in [0.15, 0.2) is 109 Å². The monoisotopic (exact) mass is 746 g/mol. The minimum Gasteiger partial charge on any atom is -0.497 e. The number of fused-ring (bicyclic) bond motifs is 10. The zero-order chi connectivity index (χ0) is 38.6. The molecule has 0 saturated carbocycles. The van der Waals surface area contributed by atoms with Gasteiger partial charge in [0.2, 0.25) is 0 Å². The maximum Gasteiger partial charge on any atom is 0.119 e. The summed E-state index contributed by atoms with van der Waals surface area (Å²) in [5.74, 6) is 3.07. The largest absolute Gasteiger partial charge is 0.497 e. The Morgan fingerprint density at radius 3 is 1.49 bits per heavy atom. The van der Waals surface area contributed by atoms with Crippen molar-refractivity contribution in [2.45, 2.75) is 6.42 Å². The van der Waals surface area contributed by atoms with E-state index >= 15 is 0 Å². The number of aromatic amines is 2. The molecule has 10 rings (SSSR count). The fraction of sp³-hybridized carbons (Fsp3) is 0.102. The molecule has 8 nitrogen and oxygen atoms in total. The molecule has 1 aliphatic carbocycles. The molecule has 4 aromatic carbocycles. The minimum absolute atomic E-state index is 0.748. The number of nitrogens with zero attached hydrogens (tertiary/aromatic N) is 2. The third-order valence-corrected chi connectivity index (χ3v) is 11.0. The molecule has 2 N–H and O–H groups in total. The van der Waals surface area contributed by atoms with E-state index in [9.17, 15) is 0 Å². The van der Waals surface area contributed by atoms with Crippen LogP contribution in [0.2, 0.25) is 0 Å². The predicted molar refractivity (Wildman–Crippen MR) is 230 cm³/mol. The number of ether oxygens (including phenoxy) is 4. The quantitative estimate of drug-likeness (QED) is 0.169. The predicted octanol–water partition coefficient (Wildman–Crippen LogP) is 11.3. The first-order valence-corrected chi connectivity index (χ1v) is 18.8. The Balaban J connectivity index is 1.40. The van der Waals surface area contributed by atoms with Gasteiger partial charge >= 0.3 is 0 Å². The zero-order valence-corrected chi connectivity index (χ0v) is 31.9. The van der Waals surface area contributed by atoms with Gasteiger partial charge in [-0.05, 0) is 124 Å². The topological polar surface area (TPSA) is 94.3 Å². The van der Waals surface area contributed by atoms with Gasteiger partial charge in [-0.15, -0.1) is 0 Å². The number of methoxy groups -OCH3 is 4. The van der Waals surface area contributed by atoms with Gasteiger partial charge in [0.1, 0.15) is 23.0 Å². The molecule has 278 valence electrons. The van der Waals surface area contributed by atoms with Crippen molar-refractivity contribution in [2.24, 2.45) is 0 Å². The molecule has 8 heteroatoms. The van der Waals surface area contributed by atoms with Gasteiger partial charge in [0.05, 0.1) is 56.7 Å². The number of rotatable bonds is 7. The Bertz CT molecular complexity index is 3010. The highest BCUT2D eigenvalue weighted by Gasteiger charge is 2.25. The van der Waals surface area contributed by atoms with Crippen LogP contribution in [0.3, 0.4) is 0 Å². The maximum absolute atomic E-state index is 5.77. The fourth-order valence-corrected chi connectivity index (χ4v) is 8.30. The molecule has 0 unspecified atom stereocenters. The Kier molecular flexibility index (Phi) is 8.25. The molecule has 2 aliphatic heterocycles. The SMILES string of the molecule is COc1cccc(-c2c3nc(c(-c4cccc(OC)c4)c4ccc([nH]4)c(-c4cccc(OC)c4)c4cc5c([nH]4)c(c4nc2C=C4)-c2cc(OC)ccc2C5)C=C3)c1. The first-order chi connectivity index (χ1) is 28.0. The van der Waals surface area contributed by atoms with Gasteiger partial charge in [0, 0.05) is 45.2 Å². The van der Waals surface area contributed by atoms with Crippen molar-refractivity contribution < 1.29 is 18.9 Å². The summed E-state index contributed by atoms with van der Waals surface area (Å²) in [5, 5.41) is 0. The molecule has 0 radical (unpaired) electrons. The van der Waals surface area contributed by atoms with Crippen LogP contribution < -0.4 is 18.9 Å². The Morgan fingerprint density at radius 2 is 0.912 bits per heavy atom. The molecule has 3 aromatic heterocycles. The van der Waals surface area contributed by atoms with E-state index in [4.69, 9.17) is 28.9 Å². The van der Waals surface area contributed by atoms with E-state index < -0.39 is 0 Å². The highest BCUT2D eigenvalue weighted by atomic mass is 16.5. The van der Waals surface area contributed by atoms with Crippen molar-refractivity contribution in [1.82, 2.24) is 19.9 Å². The molecule has 0 amide bonds. The van der Waals surface area contributed by atoms with Gasteiger partial charge in [0.15, 0.2) is 0 Å². The number of hydrogen-bond acceptors (Lipinski definition) is 6. The number of nitrogens with one attached hydrogen (secondary N) is 2. The lowest BCUT2D eigenvalue weighted by Gasteiger charge is -2.18. The lowest BCUT2D eigenvalue weighted by molar-refractivity contribution is 0.415. The van der Waals surface area contributed by atoms with Crippen molar-refractivity contribution >= 4 is 46.4 Å². The Labute approximate surface area is 329 Å². The van der Waals surface area contributed by atoms with Crippen molar-refractivity contribution in [3.63, 3.8) is 0 Å². The maximum atomic E-state index is 5.77. The highest BCUT2D eigenvalue weighted by Crippen LogP contribution is 2.44. The average molecular weight is 747 g/mol. The van der Waals surface area contributed by atoms with Gasteiger partial charge in [-0.2, -0.15) is 0 Å². The summed E-state index contributed by atoms with van der Waals surface area (Å²) >= 11 is 0. The molecule has 57 heavy (non-hydrogen) atoms. The van der Waals surface area contributed by atoms with E-state index in [1.165, 1.54) is 11.1 Å². The van der Waals surface area contributed by atoms with Gasteiger partial charge in [-0.25, -0.2) is 9.97 Å². The standard InChI is InChI=1S/C49H38N4O4/c1-54-33-11-5-8-29(23-33)45-38-16-17-39(50-38)46(30-9-6-12-34(24-30)55-2)41-20-21-43(52-41)48-37-27-36(57-4)15-14-28(37)22-32-26-44(53-49(32)48)47(42-19-18-40(45)51-42)31-10-7-13-35(25-31)56-3/h5-21,23-27,51,53H,22H2,1-4H3. The number of aromatic nitrogens is 4. The summed E-state index contributed by atoms with van der Waals surface area (Å²) in [7, 11) is 6.78. The first-order valence-electron chi connectivity index (χ1n) is 18.8. The second-order valence-corrected chi connectivity index (χ2v) is 14.2.